The Kier molecular flexibility index (Phi) is 44.2. The van der Waals surface area contributed by atoms with E-state index < -0.39 is 6.10 Å². The Bertz CT molecular complexity index is 857. The molecule has 0 spiro atoms. The predicted molar refractivity (Wildman–Crippen MR) is 243 cm³/mol. The van der Waals surface area contributed by atoms with Crippen LogP contribution in [0.4, 0.5) is 0 Å². The van der Waals surface area contributed by atoms with E-state index in [1.165, 1.54) is 180 Å². The molecule has 6 nitrogen and oxygen atoms in total. The fraction of sp³-hybridized carbons (Fsp3) is 0.941. The van der Waals surface area contributed by atoms with Crippen molar-refractivity contribution in [2.75, 3.05) is 13.2 Å². The third-order valence-electron chi connectivity index (χ3n) is 11.5. The highest BCUT2D eigenvalue weighted by Crippen LogP contribution is 2.17. The highest BCUT2D eigenvalue weighted by atomic mass is 16.6. The van der Waals surface area contributed by atoms with Crippen LogP contribution in [0.1, 0.15) is 285 Å². The first-order valence-corrected chi connectivity index (χ1v) is 25.4. The van der Waals surface area contributed by atoms with Crippen molar-refractivity contribution in [2.24, 2.45) is 5.92 Å². The smallest absolute Gasteiger partial charge is 0.306 e. The van der Waals surface area contributed by atoms with Crippen molar-refractivity contribution in [2.45, 2.75) is 291 Å². The van der Waals surface area contributed by atoms with Crippen LogP contribution in [0.2, 0.25) is 0 Å². The van der Waals surface area contributed by atoms with Crippen molar-refractivity contribution in [3.63, 3.8) is 0 Å². The Balaban J connectivity index is 4.25. The number of ether oxygens (including phenoxy) is 3. The maximum absolute atomic E-state index is 12.8. The van der Waals surface area contributed by atoms with Crippen molar-refractivity contribution in [3.05, 3.63) is 0 Å². The van der Waals surface area contributed by atoms with E-state index in [-0.39, 0.29) is 31.1 Å². The summed E-state index contributed by atoms with van der Waals surface area (Å²) in [6.45, 7) is 9.01. The molecule has 0 aliphatic rings. The van der Waals surface area contributed by atoms with Crippen LogP contribution in [0.25, 0.3) is 0 Å². The van der Waals surface area contributed by atoms with Gasteiger partial charge in [0, 0.05) is 19.3 Å². The Morgan fingerprint density at radius 1 is 0.333 bits per heavy atom. The number of hydrogen-bond donors (Lipinski definition) is 0. The molecular formula is C51H98O6. The molecule has 0 bridgehead atoms. The summed E-state index contributed by atoms with van der Waals surface area (Å²) in [5.41, 5.74) is 0. The fourth-order valence-corrected chi connectivity index (χ4v) is 7.69. The van der Waals surface area contributed by atoms with E-state index in [0.717, 1.165) is 63.7 Å². The lowest BCUT2D eigenvalue weighted by atomic mass is 10.0. The molecule has 0 aromatic rings. The van der Waals surface area contributed by atoms with Gasteiger partial charge in [-0.2, -0.15) is 0 Å². The molecule has 338 valence electrons. The zero-order valence-electron chi connectivity index (χ0n) is 38.8. The van der Waals surface area contributed by atoms with E-state index in [2.05, 4.69) is 27.7 Å². The van der Waals surface area contributed by atoms with Crippen LogP contribution in [0, 0.1) is 5.92 Å². The summed E-state index contributed by atoms with van der Waals surface area (Å²) in [5, 5.41) is 0. The van der Waals surface area contributed by atoms with Gasteiger partial charge in [-0.25, -0.2) is 0 Å². The minimum atomic E-state index is -0.759. The Labute approximate surface area is 355 Å². The molecular weight excluding hydrogens is 709 g/mol. The molecule has 6 heteroatoms. The molecule has 0 aromatic carbocycles. The first-order valence-electron chi connectivity index (χ1n) is 25.4. The number of unbranched alkanes of at least 4 members (excludes halogenated alkanes) is 33. The van der Waals surface area contributed by atoms with Gasteiger partial charge in [0.15, 0.2) is 6.10 Å². The summed E-state index contributed by atoms with van der Waals surface area (Å²) in [7, 11) is 0. The number of rotatable bonds is 46. The van der Waals surface area contributed by atoms with Gasteiger partial charge in [0.1, 0.15) is 13.2 Å². The van der Waals surface area contributed by atoms with E-state index in [0.29, 0.717) is 19.3 Å². The molecule has 0 heterocycles. The van der Waals surface area contributed by atoms with E-state index in [4.69, 9.17) is 14.2 Å². The SMILES string of the molecule is CCCCCCCCCCCCCCC(=O)OC[C@@H](COC(=O)CCCCCCCCCCC)OC(=O)CCCCCCCCCCCCCCCCCC(C)C. The van der Waals surface area contributed by atoms with Crippen LogP contribution < -0.4 is 0 Å². The molecule has 0 saturated heterocycles. The van der Waals surface area contributed by atoms with Crippen LogP contribution in [-0.2, 0) is 28.6 Å². The van der Waals surface area contributed by atoms with Gasteiger partial charge in [-0.05, 0) is 25.2 Å². The Hall–Kier alpha value is -1.59. The van der Waals surface area contributed by atoms with Crippen molar-refractivity contribution in [1.82, 2.24) is 0 Å². The lowest BCUT2D eigenvalue weighted by Crippen LogP contribution is -2.30. The molecule has 0 N–H and O–H groups in total. The normalized spacial score (nSPS) is 11.9. The van der Waals surface area contributed by atoms with Gasteiger partial charge in [0.25, 0.3) is 0 Å². The standard InChI is InChI=1S/C51H98O6/c1-5-7-9-11-13-15-16-23-27-31-35-39-43-50(53)56-46-48(45-55-49(52)42-38-34-30-25-14-12-10-8-6-2)57-51(54)44-40-36-32-28-24-21-19-17-18-20-22-26-29-33-37-41-47(3)4/h47-48H,5-46H2,1-4H3/t48-/m1/s1. The van der Waals surface area contributed by atoms with Gasteiger partial charge in [-0.15, -0.1) is 0 Å². The zero-order valence-corrected chi connectivity index (χ0v) is 38.8. The average Bonchev–Trinajstić information content (AvgIpc) is 3.19. The van der Waals surface area contributed by atoms with Gasteiger partial charge in [-0.3, -0.25) is 14.4 Å². The summed E-state index contributed by atoms with van der Waals surface area (Å²) in [5.74, 6) is -0.000346. The highest BCUT2D eigenvalue weighted by Gasteiger charge is 2.19. The van der Waals surface area contributed by atoms with Crippen LogP contribution in [0.3, 0.4) is 0 Å². The topological polar surface area (TPSA) is 78.9 Å². The minimum Gasteiger partial charge on any atom is -0.462 e. The van der Waals surface area contributed by atoms with E-state index >= 15 is 0 Å². The monoisotopic (exact) mass is 807 g/mol. The lowest BCUT2D eigenvalue weighted by Gasteiger charge is -2.18. The molecule has 0 amide bonds. The van der Waals surface area contributed by atoms with Crippen LogP contribution >= 0.6 is 0 Å². The second-order valence-corrected chi connectivity index (χ2v) is 17.9. The van der Waals surface area contributed by atoms with Gasteiger partial charge < -0.3 is 14.2 Å². The largest absolute Gasteiger partial charge is 0.462 e. The molecule has 0 rings (SSSR count). The molecule has 0 aliphatic heterocycles. The maximum Gasteiger partial charge on any atom is 0.306 e. The van der Waals surface area contributed by atoms with E-state index in [9.17, 15) is 14.4 Å². The molecule has 0 aliphatic carbocycles. The number of hydrogen-bond acceptors (Lipinski definition) is 6. The van der Waals surface area contributed by atoms with Gasteiger partial charge >= 0.3 is 17.9 Å². The molecule has 0 radical (unpaired) electrons. The van der Waals surface area contributed by atoms with Crippen molar-refractivity contribution in [3.8, 4) is 0 Å². The Morgan fingerprint density at radius 3 is 0.860 bits per heavy atom. The fourth-order valence-electron chi connectivity index (χ4n) is 7.69. The quantitative estimate of drug-likeness (QED) is 0.0346. The molecule has 57 heavy (non-hydrogen) atoms. The third-order valence-corrected chi connectivity index (χ3v) is 11.5. The summed E-state index contributed by atoms with van der Waals surface area (Å²) in [6, 6.07) is 0. The van der Waals surface area contributed by atoms with E-state index in [1.807, 2.05) is 0 Å². The van der Waals surface area contributed by atoms with Gasteiger partial charge in [0.2, 0.25) is 0 Å². The molecule has 0 saturated carbocycles. The van der Waals surface area contributed by atoms with Crippen LogP contribution in [0.15, 0.2) is 0 Å². The van der Waals surface area contributed by atoms with Gasteiger partial charge in [0.05, 0.1) is 0 Å². The van der Waals surface area contributed by atoms with Crippen LogP contribution in [-0.4, -0.2) is 37.2 Å². The van der Waals surface area contributed by atoms with Crippen molar-refractivity contribution in [1.29, 1.82) is 0 Å². The second kappa shape index (κ2) is 45.5. The molecule has 0 fully saturated rings. The van der Waals surface area contributed by atoms with E-state index in [1.54, 1.807) is 0 Å². The number of esters is 3. The second-order valence-electron chi connectivity index (χ2n) is 17.9. The third kappa shape index (κ3) is 45.3. The zero-order chi connectivity index (χ0) is 41.7. The molecule has 0 unspecified atom stereocenters. The molecule has 0 aromatic heterocycles. The number of carbonyl (C=O) groups is 3. The summed E-state index contributed by atoms with van der Waals surface area (Å²) >= 11 is 0. The summed E-state index contributed by atoms with van der Waals surface area (Å²) in [4.78, 5) is 37.8. The predicted octanol–water partition coefficient (Wildman–Crippen LogP) is 16.3. The van der Waals surface area contributed by atoms with Crippen molar-refractivity contribution < 1.29 is 28.6 Å². The van der Waals surface area contributed by atoms with Crippen molar-refractivity contribution >= 4 is 17.9 Å². The highest BCUT2D eigenvalue weighted by molar-refractivity contribution is 5.71. The first-order chi connectivity index (χ1) is 27.9. The average molecular weight is 807 g/mol. The summed E-state index contributed by atoms with van der Waals surface area (Å²) in [6.07, 6.45) is 46.6. The first kappa shape index (κ1) is 55.4. The van der Waals surface area contributed by atoms with Gasteiger partial charge in [-0.1, -0.05) is 246 Å². The maximum atomic E-state index is 12.8. The Morgan fingerprint density at radius 2 is 0.579 bits per heavy atom. The molecule has 1 atom stereocenters. The summed E-state index contributed by atoms with van der Waals surface area (Å²) < 4.78 is 16.8. The number of carbonyl (C=O) groups excluding carboxylic acids is 3. The lowest BCUT2D eigenvalue weighted by molar-refractivity contribution is -0.167. The minimum absolute atomic E-state index is 0.0629. The van der Waals surface area contributed by atoms with Crippen LogP contribution in [0.5, 0.6) is 0 Å².